The van der Waals surface area contributed by atoms with Gasteiger partial charge in [-0.1, -0.05) is 87.5 Å². The van der Waals surface area contributed by atoms with E-state index in [1.165, 1.54) is 10.4 Å². The Morgan fingerprint density at radius 2 is 1.48 bits per heavy atom. The molecule has 0 amide bonds. The van der Waals surface area contributed by atoms with Crippen molar-refractivity contribution in [2.75, 3.05) is 40.3 Å². The van der Waals surface area contributed by atoms with Crippen LogP contribution in [0.2, 0.25) is 5.04 Å². The summed E-state index contributed by atoms with van der Waals surface area (Å²) in [6.07, 6.45) is 1.60. The Kier molecular flexibility index (Phi) is 11.5. The maximum absolute atomic E-state index is 10.8. The van der Waals surface area contributed by atoms with E-state index in [9.17, 15) is 5.11 Å². The van der Waals surface area contributed by atoms with Crippen molar-refractivity contribution in [2.45, 2.75) is 38.3 Å². The van der Waals surface area contributed by atoms with Gasteiger partial charge in [-0.3, -0.25) is 0 Å². The minimum atomic E-state index is -2.69. The van der Waals surface area contributed by atoms with Crippen LogP contribution in [0, 0.1) is 5.92 Å². The van der Waals surface area contributed by atoms with Crippen molar-refractivity contribution in [1.82, 2.24) is 0 Å². The standard InChI is InChI=1S/C27H40O5Si/c1-6-13-26(28)23(20-31-22-30-19-18-29-5)21-32-33(27(2,3)4,24-14-9-7-10-15-24)25-16-11-8-12-17-25/h6-12,14-17,23,26,28H,1,13,18-22H2,2-5H3/t23-,26-/m0/s1. The van der Waals surface area contributed by atoms with Crippen molar-refractivity contribution in [2.24, 2.45) is 5.92 Å². The van der Waals surface area contributed by atoms with Crippen LogP contribution in [-0.2, 0) is 18.6 Å². The molecule has 0 saturated carbocycles. The number of benzene rings is 2. The number of aliphatic hydroxyl groups excluding tert-OH is 1. The quantitative estimate of drug-likeness (QED) is 0.185. The lowest BCUT2D eigenvalue weighted by Crippen LogP contribution is -2.67. The molecule has 0 heterocycles. The van der Waals surface area contributed by atoms with E-state index in [-0.39, 0.29) is 17.7 Å². The van der Waals surface area contributed by atoms with Gasteiger partial charge in [-0.2, -0.15) is 0 Å². The summed E-state index contributed by atoms with van der Waals surface area (Å²) in [5.41, 5.74) is 0. The van der Waals surface area contributed by atoms with Crippen LogP contribution < -0.4 is 10.4 Å². The molecule has 182 valence electrons. The number of hydrogen-bond donors (Lipinski definition) is 1. The van der Waals surface area contributed by atoms with E-state index in [1.807, 2.05) is 12.1 Å². The molecule has 0 radical (unpaired) electrons. The average Bonchev–Trinajstić information content (AvgIpc) is 2.81. The minimum Gasteiger partial charge on any atom is -0.407 e. The molecule has 5 nitrogen and oxygen atoms in total. The molecule has 0 spiro atoms. The van der Waals surface area contributed by atoms with Gasteiger partial charge in [0.25, 0.3) is 8.32 Å². The van der Waals surface area contributed by atoms with E-state index in [1.54, 1.807) is 13.2 Å². The van der Waals surface area contributed by atoms with E-state index < -0.39 is 14.4 Å². The SMILES string of the molecule is C=CC[C@H](O)[C@@H](COCOCCOC)CO[Si](c1ccccc1)(c1ccccc1)C(C)(C)C. The third-order valence-electron chi connectivity index (χ3n) is 5.81. The molecule has 0 aliphatic rings. The van der Waals surface area contributed by atoms with Gasteiger partial charge in [0, 0.05) is 19.6 Å². The molecular weight excluding hydrogens is 432 g/mol. The van der Waals surface area contributed by atoms with Crippen LogP contribution in [0.5, 0.6) is 0 Å². The minimum absolute atomic E-state index is 0.131. The van der Waals surface area contributed by atoms with Crippen molar-refractivity contribution < 1.29 is 23.7 Å². The zero-order valence-electron chi connectivity index (χ0n) is 20.5. The van der Waals surface area contributed by atoms with Crippen LogP contribution in [0.4, 0.5) is 0 Å². The fourth-order valence-electron chi connectivity index (χ4n) is 4.09. The molecule has 0 bridgehead atoms. The molecule has 1 N–H and O–H groups in total. The largest absolute Gasteiger partial charge is 0.407 e. The van der Waals surface area contributed by atoms with Gasteiger partial charge in [0.15, 0.2) is 0 Å². The molecule has 2 aromatic carbocycles. The van der Waals surface area contributed by atoms with Crippen LogP contribution in [0.1, 0.15) is 27.2 Å². The Balaban J connectivity index is 2.30. The monoisotopic (exact) mass is 472 g/mol. The van der Waals surface area contributed by atoms with Crippen LogP contribution >= 0.6 is 0 Å². The van der Waals surface area contributed by atoms with Gasteiger partial charge >= 0.3 is 0 Å². The van der Waals surface area contributed by atoms with Gasteiger partial charge in [0.05, 0.1) is 25.9 Å². The Morgan fingerprint density at radius 3 is 1.97 bits per heavy atom. The first-order valence-electron chi connectivity index (χ1n) is 11.5. The number of ether oxygens (including phenoxy) is 3. The number of hydrogen-bond acceptors (Lipinski definition) is 5. The Bertz CT molecular complexity index is 752. The van der Waals surface area contributed by atoms with Crippen molar-refractivity contribution in [1.29, 1.82) is 0 Å². The zero-order valence-corrected chi connectivity index (χ0v) is 21.5. The Hall–Kier alpha value is -1.80. The van der Waals surface area contributed by atoms with Crippen molar-refractivity contribution in [3.8, 4) is 0 Å². The third-order valence-corrected chi connectivity index (χ3v) is 10.8. The Labute approximate surface area is 200 Å². The van der Waals surface area contributed by atoms with E-state index in [0.717, 1.165) is 0 Å². The molecule has 6 heteroatoms. The van der Waals surface area contributed by atoms with Gasteiger partial charge in [-0.25, -0.2) is 0 Å². The molecule has 0 fully saturated rings. The summed E-state index contributed by atoms with van der Waals surface area (Å²) >= 11 is 0. The molecule has 2 atom stereocenters. The third kappa shape index (κ3) is 7.60. The number of rotatable bonds is 15. The zero-order chi connectivity index (χ0) is 24.2. The summed E-state index contributed by atoms with van der Waals surface area (Å²) in [4.78, 5) is 0. The predicted molar refractivity (Wildman–Crippen MR) is 137 cm³/mol. The van der Waals surface area contributed by atoms with Gasteiger partial charge in [-0.05, 0) is 21.8 Å². The summed E-state index contributed by atoms with van der Waals surface area (Å²) in [6.45, 7) is 12.4. The van der Waals surface area contributed by atoms with Crippen LogP contribution in [0.3, 0.4) is 0 Å². The summed E-state index contributed by atoms with van der Waals surface area (Å²) in [5.74, 6) is -0.212. The molecule has 0 saturated heterocycles. The van der Waals surface area contributed by atoms with Gasteiger partial charge < -0.3 is 23.7 Å². The fourth-order valence-corrected chi connectivity index (χ4v) is 8.71. The van der Waals surface area contributed by atoms with E-state index in [4.69, 9.17) is 18.6 Å². The first-order chi connectivity index (χ1) is 15.9. The van der Waals surface area contributed by atoms with Crippen LogP contribution in [-0.4, -0.2) is 59.9 Å². The molecule has 2 aromatic rings. The molecule has 33 heavy (non-hydrogen) atoms. The predicted octanol–water partition coefficient (Wildman–Crippen LogP) is 3.75. The molecule has 0 aliphatic carbocycles. The van der Waals surface area contributed by atoms with Crippen LogP contribution in [0.25, 0.3) is 0 Å². The highest BCUT2D eigenvalue weighted by molar-refractivity contribution is 6.99. The van der Waals surface area contributed by atoms with E-state index >= 15 is 0 Å². The number of aliphatic hydroxyl groups is 1. The second kappa shape index (κ2) is 13.8. The highest BCUT2D eigenvalue weighted by Gasteiger charge is 2.50. The fraction of sp³-hybridized carbons (Fsp3) is 0.481. The number of methoxy groups -OCH3 is 1. The molecule has 0 unspecified atom stereocenters. The maximum atomic E-state index is 10.8. The molecule has 0 aromatic heterocycles. The van der Waals surface area contributed by atoms with Gasteiger partial charge in [-0.15, -0.1) is 6.58 Å². The second-order valence-electron chi connectivity index (χ2n) is 9.22. The van der Waals surface area contributed by atoms with Gasteiger partial charge in [0.2, 0.25) is 0 Å². The first kappa shape index (κ1) is 27.4. The average molecular weight is 473 g/mol. The normalized spacial score (nSPS) is 14.1. The lowest BCUT2D eigenvalue weighted by Gasteiger charge is -2.44. The van der Waals surface area contributed by atoms with Crippen LogP contribution in [0.15, 0.2) is 73.3 Å². The lowest BCUT2D eigenvalue weighted by atomic mass is 10.0. The Morgan fingerprint density at radius 1 is 0.909 bits per heavy atom. The summed E-state index contributed by atoms with van der Waals surface area (Å²) in [7, 11) is -1.05. The molecular formula is C27H40O5Si. The molecule has 2 rings (SSSR count). The summed E-state index contributed by atoms with van der Waals surface area (Å²) in [6, 6.07) is 21.0. The second-order valence-corrected chi connectivity index (χ2v) is 13.5. The van der Waals surface area contributed by atoms with Gasteiger partial charge in [0.1, 0.15) is 6.79 Å². The highest BCUT2D eigenvalue weighted by Crippen LogP contribution is 2.37. The van der Waals surface area contributed by atoms with E-state index in [0.29, 0.717) is 32.8 Å². The van der Waals surface area contributed by atoms with Crippen molar-refractivity contribution in [3.05, 3.63) is 73.3 Å². The summed E-state index contributed by atoms with van der Waals surface area (Å²) < 4.78 is 23.1. The molecule has 0 aliphatic heterocycles. The first-order valence-corrected chi connectivity index (χ1v) is 13.5. The topological polar surface area (TPSA) is 57.2 Å². The highest BCUT2D eigenvalue weighted by atomic mass is 28.4. The van der Waals surface area contributed by atoms with E-state index in [2.05, 4.69) is 75.9 Å². The van der Waals surface area contributed by atoms with Crippen molar-refractivity contribution >= 4 is 18.7 Å². The smallest absolute Gasteiger partial charge is 0.261 e. The van der Waals surface area contributed by atoms with Crippen molar-refractivity contribution in [3.63, 3.8) is 0 Å². The maximum Gasteiger partial charge on any atom is 0.261 e. The lowest BCUT2D eigenvalue weighted by molar-refractivity contribution is -0.0906. The summed E-state index contributed by atoms with van der Waals surface area (Å²) in [5, 5.41) is 13.1.